The molecule has 1 aromatic carbocycles. The van der Waals surface area contributed by atoms with Crippen LogP contribution < -0.4 is 16.0 Å². The molecule has 0 aliphatic carbocycles. The maximum absolute atomic E-state index is 11.5. The maximum Gasteiger partial charge on any atom is 0.329 e. The van der Waals surface area contributed by atoms with Crippen LogP contribution in [0.2, 0.25) is 0 Å². The first-order valence-corrected chi connectivity index (χ1v) is 4.59. The Morgan fingerprint density at radius 2 is 1.88 bits per heavy atom. The van der Waals surface area contributed by atoms with Crippen LogP contribution in [-0.2, 0) is 9.59 Å². The van der Waals surface area contributed by atoms with Crippen LogP contribution in [0, 0.1) is 0 Å². The summed E-state index contributed by atoms with van der Waals surface area (Å²) in [7, 11) is 0. The first kappa shape index (κ1) is 10.2. The van der Waals surface area contributed by atoms with Crippen LogP contribution in [0.15, 0.2) is 30.3 Å². The summed E-state index contributed by atoms with van der Waals surface area (Å²) in [6, 6.07) is 6.49. The highest BCUT2D eigenvalue weighted by Crippen LogP contribution is 2.20. The van der Waals surface area contributed by atoms with Gasteiger partial charge in [-0.1, -0.05) is 18.2 Å². The van der Waals surface area contributed by atoms with Crippen LogP contribution in [0.3, 0.4) is 0 Å². The molecule has 6 nitrogen and oxygen atoms in total. The molecule has 1 heterocycles. The molecule has 82 valence electrons. The van der Waals surface area contributed by atoms with E-state index in [2.05, 4.69) is 0 Å². The van der Waals surface area contributed by atoms with Crippen molar-refractivity contribution in [2.24, 2.45) is 5.73 Å². The molecule has 6 heteroatoms. The van der Waals surface area contributed by atoms with E-state index in [0.29, 0.717) is 5.69 Å². The van der Waals surface area contributed by atoms with Crippen molar-refractivity contribution in [3.63, 3.8) is 0 Å². The van der Waals surface area contributed by atoms with E-state index < -0.39 is 23.9 Å². The fourth-order valence-electron chi connectivity index (χ4n) is 1.58. The van der Waals surface area contributed by atoms with Gasteiger partial charge in [0.2, 0.25) is 5.91 Å². The number of rotatable bonds is 2. The van der Waals surface area contributed by atoms with E-state index in [-0.39, 0.29) is 0 Å². The van der Waals surface area contributed by atoms with Gasteiger partial charge >= 0.3 is 6.03 Å². The lowest BCUT2D eigenvalue weighted by atomic mass is 10.2. The minimum absolute atomic E-state index is 0.453. The molecule has 1 aliphatic heterocycles. The molecule has 4 amide bonds. The van der Waals surface area contributed by atoms with E-state index >= 15 is 0 Å². The van der Waals surface area contributed by atoms with Crippen LogP contribution in [0.5, 0.6) is 0 Å². The number of anilines is 1. The van der Waals surface area contributed by atoms with Gasteiger partial charge in [-0.2, -0.15) is 0 Å². The maximum atomic E-state index is 11.5. The van der Waals surface area contributed by atoms with E-state index in [1.165, 1.54) is 0 Å². The molecular formula is C10H9N3O3. The number of carbonyl (C=O) groups is 3. The number of carbonyl (C=O) groups excluding carboxylic acids is 3. The Labute approximate surface area is 91.0 Å². The minimum atomic E-state index is -1.27. The molecule has 0 aromatic heterocycles. The number of nitrogens with two attached hydrogens (primary N) is 1. The van der Waals surface area contributed by atoms with Gasteiger partial charge in [-0.3, -0.25) is 19.8 Å². The van der Waals surface area contributed by atoms with Crippen molar-refractivity contribution in [1.82, 2.24) is 5.32 Å². The number of urea groups is 1. The molecule has 0 radical (unpaired) electrons. The number of amides is 4. The van der Waals surface area contributed by atoms with Gasteiger partial charge in [0, 0.05) is 5.69 Å². The molecular weight excluding hydrogens is 210 g/mol. The van der Waals surface area contributed by atoms with Crippen molar-refractivity contribution >= 4 is 23.5 Å². The Bertz CT molecular complexity index is 458. The molecule has 1 unspecified atom stereocenters. The monoisotopic (exact) mass is 219 g/mol. The largest absolute Gasteiger partial charge is 0.367 e. The van der Waals surface area contributed by atoms with Crippen molar-refractivity contribution in [2.75, 3.05) is 4.90 Å². The Hall–Kier alpha value is -2.37. The predicted octanol–water partition coefficient (Wildman–Crippen LogP) is -0.403. The number of hydrogen-bond acceptors (Lipinski definition) is 3. The standard InChI is InChI=1S/C10H9N3O3/c11-8(14)7-9(15)12-10(16)13(7)6-4-2-1-3-5-6/h1-5,7H,(H2,11,14)(H,12,15,16). The Morgan fingerprint density at radius 3 is 2.44 bits per heavy atom. The highest BCUT2D eigenvalue weighted by Gasteiger charge is 2.43. The molecule has 1 fully saturated rings. The lowest BCUT2D eigenvalue weighted by molar-refractivity contribution is -0.127. The molecule has 0 saturated carbocycles. The first-order chi connectivity index (χ1) is 7.61. The second-order valence-corrected chi connectivity index (χ2v) is 3.30. The van der Waals surface area contributed by atoms with Crippen LogP contribution in [0.4, 0.5) is 10.5 Å². The number of imide groups is 1. The number of benzene rings is 1. The third-order valence-electron chi connectivity index (χ3n) is 2.26. The first-order valence-electron chi connectivity index (χ1n) is 4.59. The van der Waals surface area contributed by atoms with Gasteiger partial charge in [0.05, 0.1) is 0 Å². The molecule has 1 aliphatic rings. The van der Waals surface area contributed by atoms with Crippen LogP contribution in [0.1, 0.15) is 0 Å². The van der Waals surface area contributed by atoms with Gasteiger partial charge in [-0.05, 0) is 12.1 Å². The minimum Gasteiger partial charge on any atom is -0.367 e. The van der Waals surface area contributed by atoms with Crippen molar-refractivity contribution in [2.45, 2.75) is 6.04 Å². The topological polar surface area (TPSA) is 92.5 Å². The van der Waals surface area contributed by atoms with E-state index in [1.54, 1.807) is 30.3 Å². The van der Waals surface area contributed by atoms with Crippen molar-refractivity contribution in [3.8, 4) is 0 Å². The highest BCUT2D eigenvalue weighted by atomic mass is 16.2. The number of nitrogens with one attached hydrogen (secondary N) is 1. The average Bonchev–Trinajstić information content (AvgIpc) is 2.55. The second kappa shape index (κ2) is 3.65. The summed E-state index contributed by atoms with van der Waals surface area (Å²) in [5.41, 5.74) is 5.54. The van der Waals surface area contributed by atoms with E-state index in [4.69, 9.17) is 5.73 Å². The average molecular weight is 219 g/mol. The predicted molar refractivity (Wildman–Crippen MR) is 55.4 cm³/mol. The quantitative estimate of drug-likeness (QED) is 0.523. The van der Waals surface area contributed by atoms with Gasteiger partial charge in [0.15, 0.2) is 6.04 Å². The van der Waals surface area contributed by atoms with Gasteiger partial charge in [-0.25, -0.2) is 4.79 Å². The number of hydrogen-bond donors (Lipinski definition) is 2. The number of primary amides is 1. The number of para-hydroxylation sites is 1. The zero-order valence-electron chi connectivity index (χ0n) is 8.21. The van der Waals surface area contributed by atoms with Gasteiger partial charge in [-0.15, -0.1) is 0 Å². The van der Waals surface area contributed by atoms with E-state index in [9.17, 15) is 14.4 Å². The summed E-state index contributed by atoms with van der Waals surface area (Å²) < 4.78 is 0. The molecule has 0 spiro atoms. The summed E-state index contributed by atoms with van der Waals surface area (Å²) in [6.07, 6.45) is 0. The summed E-state index contributed by atoms with van der Waals surface area (Å²) in [4.78, 5) is 35.0. The third-order valence-corrected chi connectivity index (χ3v) is 2.26. The summed E-state index contributed by atoms with van der Waals surface area (Å²) in [5, 5.41) is 2.04. The third kappa shape index (κ3) is 1.50. The smallest absolute Gasteiger partial charge is 0.329 e. The Balaban J connectivity index is 2.42. The number of nitrogens with zero attached hydrogens (tertiary/aromatic N) is 1. The summed E-state index contributed by atoms with van der Waals surface area (Å²) in [6.45, 7) is 0. The zero-order valence-corrected chi connectivity index (χ0v) is 8.21. The lowest BCUT2D eigenvalue weighted by Crippen LogP contribution is -2.45. The molecule has 1 atom stereocenters. The Morgan fingerprint density at radius 1 is 1.25 bits per heavy atom. The summed E-state index contributed by atoms with van der Waals surface area (Å²) >= 11 is 0. The zero-order chi connectivity index (χ0) is 11.7. The molecule has 1 saturated heterocycles. The van der Waals surface area contributed by atoms with Gasteiger partial charge in [0.1, 0.15) is 0 Å². The van der Waals surface area contributed by atoms with E-state index in [1.807, 2.05) is 5.32 Å². The molecule has 2 rings (SSSR count). The second-order valence-electron chi connectivity index (χ2n) is 3.30. The van der Waals surface area contributed by atoms with E-state index in [0.717, 1.165) is 4.90 Å². The van der Waals surface area contributed by atoms with Crippen LogP contribution in [-0.4, -0.2) is 23.9 Å². The molecule has 1 aromatic rings. The van der Waals surface area contributed by atoms with Gasteiger partial charge < -0.3 is 5.73 Å². The molecule has 0 bridgehead atoms. The fourth-order valence-corrected chi connectivity index (χ4v) is 1.58. The van der Waals surface area contributed by atoms with Crippen LogP contribution >= 0.6 is 0 Å². The SMILES string of the molecule is NC(=O)C1C(=O)NC(=O)N1c1ccccc1. The fraction of sp³-hybridized carbons (Fsp3) is 0.100. The lowest BCUT2D eigenvalue weighted by Gasteiger charge is -2.18. The van der Waals surface area contributed by atoms with Crippen molar-refractivity contribution < 1.29 is 14.4 Å². The Kier molecular flexibility index (Phi) is 2.32. The normalized spacial score (nSPS) is 19.8. The van der Waals surface area contributed by atoms with Crippen molar-refractivity contribution in [3.05, 3.63) is 30.3 Å². The van der Waals surface area contributed by atoms with Crippen LogP contribution in [0.25, 0.3) is 0 Å². The molecule has 16 heavy (non-hydrogen) atoms. The highest BCUT2D eigenvalue weighted by molar-refractivity contribution is 6.23. The summed E-state index contributed by atoms with van der Waals surface area (Å²) in [5.74, 6) is -1.55. The molecule has 3 N–H and O–H groups in total. The van der Waals surface area contributed by atoms with Gasteiger partial charge in [0.25, 0.3) is 5.91 Å². The van der Waals surface area contributed by atoms with Crippen molar-refractivity contribution in [1.29, 1.82) is 0 Å².